The third-order valence-electron chi connectivity index (χ3n) is 4.51. The second-order valence-electron chi connectivity index (χ2n) is 7.61. The van der Waals surface area contributed by atoms with Crippen LogP contribution in [0.15, 0.2) is 48.7 Å². The number of benzene rings is 2. The Labute approximate surface area is 190 Å². The molecule has 3 N–H and O–H groups in total. The molecule has 0 radical (unpaired) electrons. The Balaban J connectivity index is 2.02. The van der Waals surface area contributed by atoms with E-state index in [9.17, 15) is 31.9 Å². The summed E-state index contributed by atoms with van der Waals surface area (Å²) in [7, 11) is 0. The Morgan fingerprint density at radius 3 is 2.30 bits per heavy atom. The summed E-state index contributed by atoms with van der Waals surface area (Å²) in [4.78, 5) is 16.8. The van der Waals surface area contributed by atoms with Gasteiger partial charge in [0.25, 0.3) is 5.91 Å². The van der Waals surface area contributed by atoms with E-state index in [0.29, 0.717) is 12.1 Å². The van der Waals surface area contributed by atoms with Gasteiger partial charge in [-0.2, -0.15) is 13.2 Å². The SMILES string of the molecule is CC(C)(O)c1cnc(Nc2cc(F)ccc2Cl)c(NC(=O)c2cc(F)cc(C(F)(F)F)c2)c1. The monoisotopic (exact) mass is 485 g/mol. The molecule has 3 rings (SSSR count). The highest BCUT2D eigenvalue weighted by Gasteiger charge is 2.32. The van der Waals surface area contributed by atoms with Gasteiger partial charge in [0.05, 0.1) is 27.6 Å². The number of aliphatic hydroxyl groups is 1. The molecule has 0 saturated heterocycles. The highest BCUT2D eigenvalue weighted by Crippen LogP contribution is 2.33. The Hall–Kier alpha value is -3.24. The molecule has 1 aromatic heterocycles. The van der Waals surface area contributed by atoms with E-state index in [1.165, 1.54) is 32.2 Å². The summed E-state index contributed by atoms with van der Waals surface area (Å²) in [5.41, 5.74) is -3.03. The number of halogens is 6. The molecule has 0 aliphatic heterocycles. The second-order valence-corrected chi connectivity index (χ2v) is 8.02. The van der Waals surface area contributed by atoms with Gasteiger partial charge in [-0.05, 0) is 56.3 Å². The summed E-state index contributed by atoms with van der Waals surface area (Å²) < 4.78 is 66.4. The number of rotatable bonds is 5. The van der Waals surface area contributed by atoms with Gasteiger partial charge >= 0.3 is 6.18 Å². The zero-order chi connectivity index (χ0) is 24.6. The molecule has 11 heteroatoms. The molecule has 2 aromatic carbocycles. The topological polar surface area (TPSA) is 74.2 Å². The molecule has 0 aliphatic carbocycles. The van der Waals surface area contributed by atoms with Crippen molar-refractivity contribution in [2.75, 3.05) is 10.6 Å². The normalized spacial score (nSPS) is 11.9. The number of hydrogen-bond donors (Lipinski definition) is 3. The van der Waals surface area contributed by atoms with Crippen LogP contribution in [-0.2, 0) is 11.8 Å². The minimum Gasteiger partial charge on any atom is -0.386 e. The van der Waals surface area contributed by atoms with Crippen molar-refractivity contribution in [1.29, 1.82) is 0 Å². The third kappa shape index (κ3) is 5.96. The largest absolute Gasteiger partial charge is 0.416 e. The lowest BCUT2D eigenvalue weighted by atomic mass is 10.00. The lowest BCUT2D eigenvalue weighted by Crippen LogP contribution is -2.19. The zero-order valence-electron chi connectivity index (χ0n) is 17.2. The van der Waals surface area contributed by atoms with Crippen molar-refractivity contribution in [2.24, 2.45) is 0 Å². The molecule has 0 aliphatic rings. The summed E-state index contributed by atoms with van der Waals surface area (Å²) >= 11 is 6.05. The summed E-state index contributed by atoms with van der Waals surface area (Å²) in [6.07, 6.45) is -3.57. The first kappa shape index (κ1) is 24.4. The maximum Gasteiger partial charge on any atom is 0.416 e. The van der Waals surface area contributed by atoms with Crippen LogP contribution in [0.4, 0.5) is 39.1 Å². The minimum absolute atomic E-state index is 0.0451. The first-order valence-corrected chi connectivity index (χ1v) is 9.76. The number of aromatic nitrogens is 1. The maximum atomic E-state index is 13.7. The van der Waals surface area contributed by atoms with E-state index in [2.05, 4.69) is 15.6 Å². The molecular formula is C22H17ClF5N3O2. The Morgan fingerprint density at radius 1 is 0.970 bits per heavy atom. The molecule has 1 amide bonds. The van der Waals surface area contributed by atoms with Gasteiger partial charge in [-0.3, -0.25) is 4.79 Å². The average molecular weight is 486 g/mol. The van der Waals surface area contributed by atoms with E-state index in [0.717, 1.165) is 12.1 Å². The van der Waals surface area contributed by atoms with Gasteiger partial charge in [0, 0.05) is 17.3 Å². The van der Waals surface area contributed by atoms with Gasteiger partial charge in [-0.25, -0.2) is 13.8 Å². The van der Waals surface area contributed by atoms with Gasteiger partial charge in [0.15, 0.2) is 5.82 Å². The smallest absolute Gasteiger partial charge is 0.386 e. The fourth-order valence-corrected chi connectivity index (χ4v) is 2.96. The molecule has 0 spiro atoms. The molecule has 0 fully saturated rings. The highest BCUT2D eigenvalue weighted by molar-refractivity contribution is 6.33. The molecule has 0 unspecified atom stereocenters. The molecule has 0 bridgehead atoms. The molecule has 33 heavy (non-hydrogen) atoms. The number of nitrogens with one attached hydrogen (secondary N) is 2. The van der Waals surface area contributed by atoms with E-state index < -0.39 is 40.4 Å². The second kappa shape index (κ2) is 8.95. The average Bonchev–Trinajstić information content (AvgIpc) is 2.70. The highest BCUT2D eigenvalue weighted by atomic mass is 35.5. The predicted molar refractivity (Wildman–Crippen MR) is 114 cm³/mol. The van der Waals surface area contributed by atoms with Gasteiger partial charge < -0.3 is 15.7 Å². The van der Waals surface area contributed by atoms with E-state index in [-0.39, 0.29) is 33.8 Å². The number of hydrogen-bond acceptors (Lipinski definition) is 4. The van der Waals surface area contributed by atoms with Crippen LogP contribution < -0.4 is 10.6 Å². The number of alkyl halides is 3. The van der Waals surface area contributed by atoms with Crippen molar-refractivity contribution in [1.82, 2.24) is 4.98 Å². The van der Waals surface area contributed by atoms with Gasteiger partial charge in [0.1, 0.15) is 11.6 Å². The molecule has 0 atom stereocenters. The number of pyridine rings is 1. The maximum absolute atomic E-state index is 13.7. The van der Waals surface area contributed by atoms with Gasteiger partial charge in [0.2, 0.25) is 0 Å². The van der Waals surface area contributed by atoms with Gasteiger partial charge in [-0.1, -0.05) is 11.6 Å². The van der Waals surface area contributed by atoms with Gasteiger partial charge in [-0.15, -0.1) is 0 Å². The Morgan fingerprint density at radius 2 is 1.67 bits per heavy atom. The first-order chi connectivity index (χ1) is 15.2. The van der Waals surface area contributed by atoms with Crippen molar-refractivity contribution in [2.45, 2.75) is 25.6 Å². The Bertz CT molecular complexity index is 1210. The standard InChI is InChI=1S/C22H17ClF5N3O2/c1-21(2,33)13-8-18(19(29-10-13)30-17-9-14(24)3-4-16(17)23)31-20(32)11-5-12(22(26,27)28)7-15(25)6-11/h3-10,33H,1-2H3,(H,29,30)(H,31,32). The predicted octanol–water partition coefficient (Wildman–Crippen LogP) is 6.26. The molecule has 174 valence electrons. The lowest BCUT2D eigenvalue weighted by molar-refractivity contribution is -0.137. The van der Waals surface area contributed by atoms with Crippen molar-refractivity contribution >= 4 is 34.7 Å². The van der Waals surface area contributed by atoms with Crippen molar-refractivity contribution in [3.8, 4) is 0 Å². The van der Waals surface area contributed by atoms with Crippen LogP contribution in [0.25, 0.3) is 0 Å². The number of amides is 1. The van der Waals surface area contributed by atoms with E-state index in [4.69, 9.17) is 11.6 Å². The van der Waals surface area contributed by atoms with Crippen LogP contribution in [0.2, 0.25) is 5.02 Å². The lowest BCUT2D eigenvalue weighted by Gasteiger charge is -2.20. The third-order valence-corrected chi connectivity index (χ3v) is 4.84. The minimum atomic E-state index is -4.86. The van der Waals surface area contributed by atoms with Crippen LogP contribution >= 0.6 is 11.6 Å². The molecule has 0 saturated carbocycles. The first-order valence-electron chi connectivity index (χ1n) is 9.38. The number of nitrogens with zero attached hydrogens (tertiary/aromatic N) is 1. The summed E-state index contributed by atoms with van der Waals surface area (Å²) in [5, 5.41) is 15.5. The Kier molecular flexibility index (Phi) is 6.62. The summed E-state index contributed by atoms with van der Waals surface area (Å²) in [6, 6.07) is 6.23. The summed E-state index contributed by atoms with van der Waals surface area (Å²) in [6.45, 7) is 2.91. The van der Waals surface area contributed by atoms with Crippen molar-refractivity contribution in [3.05, 3.63) is 82.0 Å². The van der Waals surface area contributed by atoms with Crippen LogP contribution in [0, 0.1) is 11.6 Å². The van der Waals surface area contributed by atoms with Crippen molar-refractivity contribution in [3.63, 3.8) is 0 Å². The van der Waals surface area contributed by atoms with Crippen LogP contribution in [0.3, 0.4) is 0 Å². The van der Waals surface area contributed by atoms with Crippen molar-refractivity contribution < 1.29 is 31.9 Å². The fourth-order valence-electron chi connectivity index (χ4n) is 2.79. The van der Waals surface area contributed by atoms with E-state index in [1.807, 2.05) is 0 Å². The van der Waals surface area contributed by atoms with Crippen LogP contribution in [0.5, 0.6) is 0 Å². The number of carbonyl (C=O) groups excluding carboxylic acids is 1. The number of carbonyl (C=O) groups is 1. The number of anilines is 3. The van der Waals surface area contributed by atoms with E-state index in [1.54, 1.807) is 0 Å². The molecule has 1 heterocycles. The molecular weight excluding hydrogens is 469 g/mol. The molecule has 3 aromatic rings. The fraction of sp³-hybridized carbons (Fsp3) is 0.182. The quantitative estimate of drug-likeness (QED) is 0.373. The van der Waals surface area contributed by atoms with Crippen LogP contribution in [-0.4, -0.2) is 16.0 Å². The molecule has 5 nitrogen and oxygen atoms in total. The zero-order valence-corrected chi connectivity index (χ0v) is 17.9. The summed E-state index contributed by atoms with van der Waals surface area (Å²) in [5.74, 6) is -2.97. The van der Waals surface area contributed by atoms with E-state index >= 15 is 0 Å². The van der Waals surface area contributed by atoms with Crippen LogP contribution in [0.1, 0.15) is 35.3 Å².